The van der Waals surface area contributed by atoms with E-state index in [9.17, 15) is 0 Å². The van der Waals surface area contributed by atoms with Crippen LogP contribution in [0.2, 0.25) is 0 Å². The van der Waals surface area contributed by atoms with Gasteiger partial charge in [-0.25, -0.2) is 0 Å². The Labute approximate surface area is 186 Å². The third kappa shape index (κ3) is 4.82. The summed E-state index contributed by atoms with van der Waals surface area (Å²) in [7, 11) is 0. The molecule has 3 aliphatic rings. The zero-order chi connectivity index (χ0) is 20.9. The first-order chi connectivity index (χ1) is 15.3. The Morgan fingerprint density at radius 1 is 0.742 bits per heavy atom. The van der Waals surface area contributed by atoms with Gasteiger partial charge in [-0.05, 0) is 72.4 Å². The molecule has 0 saturated carbocycles. The van der Waals surface area contributed by atoms with Gasteiger partial charge in [0, 0.05) is 17.6 Å². The maximum Gasteiger partial charge on any atom is 0.0482 e. The summed E-state index contributed by atoms with van der Waals surface area (Å²) in [5.41, 5.74) is 6.75. The van der Waals surface area contributed by atoms with Crippen molar-refractivity contribution >= 4 is 11.3 Å². The van der Waals surface area contributed by atoms with Gasteiger partial charge < -0.3 is 5.32 Å². The highest BCUT2D eigenvalue weighted by molar-refractivity contribution is 5.75. The Hall–Kier alpha value is -3.06. The summed E-state index contributed by atoms with van der Waals surface area (Å²) in [4.78, 5) is 0. The number of hydrogen-bond acceptors (Lipinski definition) is 1. The average Bonchev–Trinajstić information content (AvgIpc) is 2.86. The molecule has 0 spiro atoms. The van der Waals surface area contributed by atoms with Gasteiger partial charge >= 0.3 is 0 Å². The number of benzene rings is 2. The quantitative estimate of drug-likeness (QED) is 0.500. The van der Waals surface area contributed by atoms with Crippen LogP contribution in [0.3, 0.4) is 0 Å². The van der Waals surface area contributed by atoms with Crippen LogP contribution >= 0.6 is 0 Å². The number of hydrogen-bond donors (Lipinski definition) is 1. The van der Waals surface area contributed by atoms with Crippen molar-refractivity contribution in [2.45, 2.75) is 44.1 Å². The zero-order valence-corrected chi connectivity index (χ0v) is 18.1. The van der Waals surface area contributed by atoms with Crippen molar-refractivity contribution in [1.82, 2.24) is 0 Å². The molecule has 0 heterocycles. The Balaban J connectivity index is 1.16. The van der Waals surface area contributed by atoms with Gasteiger partial charge in [0.1, 0.15) is 0 Å². The van der Waals surface area contributed by atoms with E-state index in [1.54, 1.807) is 0 Å². The predicted molar refractivity (Wildman–Crippen MR) is 133 cm³/mol. The van der Waals surface area contributed by atoms with Crippen molar-refractivity contribution in [1.29, 1.82) is 0 Å². The van der Waals surface area contributed by atoms with Crippen molar-refractivity contribution in [3.63, 3.8) is 0 Å². The number of rotatable bonds is 5. The Kier molecular flexibility index (Phi) is 6.02. The Bertz CT molecular complexity index is 1030. The van der Waals surface area contributed by atoms with E-state index >= 15 is 0 Å². The van der Waals surface area contributed by atoms with E-state index < -0.39 is 0 Å². The van der Waals surface area contributed by atoms with E-state index in [0.717, 1.165) is 18.8 Å². The summed E-state index contributed by atoms with van der Waals surface area (Å²) >= 11 is 0. The fraction of sp³-hybridized carbons (Fsp3) is 0.267. The molecule has 2 aromatic rings. The molecule has 0 bridgehead atoms. The van der Waals surface area contributed by atoms with Gasteiger partial charge in [0.2, 0.25) is 0 Å². The molecule has 5 rings (SSSR count). The molecular formula is C30H31N. The second-order valence-electron chi connectivity index (χ2n) is 8.88. The summed E-state index contributed by atoms with van der Waals surface area (Å²) in [6.45, 7) is 0. The maximum absolute atomic E-state index is 3.69. The molecule has 0 fully saturated rings. The second kappa shape index (κ2) is 9.39. The minimum Gasteiger partial charge on any atom is -0.379 e. The summed E-state index contributed by atoms with van der Waals surface area (Å²) in [5.74, 6) is 1.19. The SMILES string of the molecule is C1=CCC(C2=CCC(Nc3ccc(C4C=CC(c5ccccc5)=CC4)cc3)C=C2)CC1. The van der Waals surface area contributed by atoms with Gasteiger partial charge in [0.25, 0.3) is 0 Å². The molecule has 3 aliphatic carbocycles. The fourth-order valence-electron chi connectivity index (χ4n) is 4.90. The van der Waals surface area contributed by atoms with Gasteiger partial charge in [-0.3, -0.25) is 0 Å². The lowest BCUT2D eigenvalue weighted by molar-refractivity contribution is 0.558. The standard InChI is InChI=1S/C30H31N/c1-3-7-23(8-4-1)25-11-13-26(14-12-25)28-17-21-30(22-18-28)31-29-19-15-27(16-20-29)24-9-5-2-6-10-24/h1-5,7-8,11-13,15-19,21-22,24,26,29,31H,6,9-10,14,20H2. The van der Waals surface area contributed by atoms with Gasteiger partial charge in [-0.1, -0.05) is 91.1 Å². The van der Waals surface area contributed by atoms with Crippen LogP contribution in [0.25, 0.3) is 5.57 Å². The normalized spacial score (nSPS) is 25.1. The largest absolute Gasteiger partial charge is 0.379 e. The third-order valence-corrected chi connectivity index (χ3v) is 6.77. The highest BCUT2D eigenvalue weighted by atomic mass is 14.9. The molecule has 0 radical (unpaired) electrons. The first-order valence-corrected chi connectivity index (χ1v) is 11.7. The van der Waals surface area contributed by atoms with Crippen LogP contribution in [0.1, 0.15) is 49.1 Å². The van der Waals surface area contributed by atoms with Gasteiger partial charge in [-0.2, -0.15) is 0 Å². The second-order valence-corrected chi connectivity index (χ2v) is 8.88. The Morgan fingerprint density at radius 2 is 1.61 bits per heavy atom. The molecular weight excluding hydrogens is 374 g/mol. The first-order valence-electron chi connectivity index (χ1n) is 11.7. The molecule has 0 amide bonds. The van der Waals surface area contributed by atoms with Crippen molar-refractivity contribution < 1.29 is 0 Å². The summed E-state index contributed by atoms with van der Waals surface area (Å²) in [5, 5.41) is 3.69. The molecule has 3 atom stereocenters. The summed E-state index contributed by atoms with van der Waals surface area (Å²) in [6, 6.07) is 20.1. The highest BCUT2D eigenvalue weighted by Crippen LogP contribution is 2.32. The van der Waals surface area contributed by atoms with E-state index in [1.165, 1.54) is 47.2 Å². The molecule has 31 heavy (non-hydrogen) atoms. The van der Waals surface area contributed by atoms with Crippen LogP contribution < -0.4 is 5.32 Å². The summed E-state index contributed by atoms with van der Waals surface area (Å²) < 4.78 is 0. The Morgan fingerprint density at radius 3 is 2.29 bits per heavy atom. The van der Waals surface area contributed by atoms with Gasteiger partial charge in [0.05, 0.1) is 0 Å². The molecule has 1 heteroatoms. The average molecular weight is 406 g/mol. The molecule has 156 valence electrons. The van der Waals surface area contributed by atoms with E-state index in [2.05, 4.69) is 109 Å². The van der Waals surface area contributed by atoms with Crippen LogP contribution in [0, 0.1) is 5.92 Å². The van der Waals surface area contributed by atoms with Crippen molar-refractivity contribution in [2.24, 2.45) is 5.92 Å². The lowest BCUT2D eigenvalue weighted by Gasteiger charge is -2.24. The van der Waals surface area contributed by atoms with Crippen LogP contribution in [0.4, 0.5) is 5.69 Å². The number of nitrogens with one attached hydrogen (secondary N) is 1. The van der Waals surface area contributed by atoms with E-state index in [-0.39, 0.29) is 0 Å². The van der Waals surface area contributed by atoms with Crippen LogP contribution in [-0.2, 0) is 0 Å². The smallest absolute Gasteiger partial charge is 0.0482 e. The number of anilines is 1. The predicted octanol–water partition coefficient (Wildman–Crippen LogP) is 7.84. The fourth-order valence-corrected chi connectivity index (χ4v) is 4.90. The molecule has 1 N–H and O–H groups in total. The van der Waals surface area contributed by atoms with Crippen molar-refractivity contribution in [3.05, 3.63) is 120 Å². The van der Waals surface area contributed by atoms with Crippen molar-refractivity contribution in [2.75, 3.05) is 5.32 Å². The van der Waals surface area contributed by atoms with Gasteiger partial charge in [-0.15, -0.1) is 0 Å². The molecule has 0 aromatic heterocycles. The van der Waals surface area contributed by atoms with Crippen LogP contribution in [0.5, 0.6) is 0 Å². The van der Waals surface area contributed by atoms with Crippen molar-refractivity contribution in [3.8, 4) is 0 Å². The molecule has 3 unspecified atom stereocenters. The molecule has 0 aliphatic heterocycles. The lowest BCUT2D eigenvalue weighted by atomic mass is 9.84. The van der Waals surface area contributed by atoms with Crippen LogP contribution in [0.15, 0.2) is 109 Å². The number of allylic oxidation sites excluding steroid dienone is 8. The summed E-state index contributed by atoms with van der Waals surface area (Å²) in [6.07, 6.45) is 24.6. The topological polar surface area (TPSA) is 12.0 Å². The van der Waals surface area contributed by atoms with E-state index in [4.69, 9.17) is 0 Å². The maximum atomic E-state index is 3.69. The molecule has 1 nitrogen and oxygen atoms in total. The monoisotopic (exact) mass is 405 g/mol. The van der Waals surface area contributed by atoms with E-state index in [0.29, 0.717) is 12.0 Å². The third-order valence-electron chi connectivity index (χ3n) is 6.77. The van der Waals surface area contributed by atoms with Gasteiger partial charge in [0.15, 0.2) is 0 Å². The highest BCUT2D eigenvalue weighted by Gasteiger charge is 2.17. The zero-order valence-electron chi connectivity index (χ0n) is 18.1. The minimum atomic E-state index is 0.389. The lowest BCUT2D eigenvalue weighted by Crippen LogP contribution is -2.19. The van der Waals surface area contributed by atoms with Crippen LogP contribution in [-0.4, -0.2) is 6.04 Å². The first kappa shape index (κ1) is 19.9. The molecule has 0 saturated heterocycles. The minimum absolute atomic E-state index is 0.389. The van der Waals surface area contributed by atoms with E-state index in [1.807, 2.05) is 0 Å². The molecule has 2 aromatic carbocycles.